The molecule has 1 N–H and O–H groups in total. The first-order valence-electron chi connectivity index (χ1n) is 7.46. The Balaban J connectivity index is 1.78. The Hall–Kier alpha value is -2.90. The van der Waals surface area contributed by atoms with Crippen LogP contribution in [0.15, 0.2) is 30.5 Å². The van der Waals surface area contributed by atoms with Gasteiger partial charge in [0, 0.05) is 25.7 Å². The van der Waals surface area contributed by atoms with Gasteiger partial charge in [-0.2, -0.15) is 5.10 Å². The van der Waals surface area contributed by atoms with E-state index < -0.39 is 18.0 Å². The monoisotopic (exact) mass is 332 g/mol. The van der Waals surface area contributed by atoms with Crippen LogP contribution in [-0.2, 0) is 16.6 Å². The minimum Gasteiger partial charge on any atom is -0.442 e. The lowest BCUT2D eigenvalue weighted by molar-refractivity contribution is -0.119. The summed E-state index contributed by atoms with van der Waals surface area (Å²) in [5.74, 6) is -0.648. The molecule has 24 heavy (non-hydrogen) atoms. The third-order valence-corrected chi connectivity index (χ3v) is 3.81. The molecule has 1 aliphatic rings. The Kier molecular flexibility index (Phi) is 4.20. The molecule has 126 valence electrons. The van der Waals surface area contributed by atoms with E-state index in [0.717, 1.165) is 0 Å². The molecule has 0 spiro atoms. The van der Waals surface area contributed by atoms with E-state index in [0.29, 0.717) is 16.9 Å². The number of aromatic nitrogens is 2. The van der Waals surface area contributed by atoms with Crippen LogP contribution in [0.2, 0.25) is 0 Å². The molecule has 1 atom stereocenters. The number of anilines is 1. The van der Waals surface area contributed by atoms with Crippen molar-refractivity contribution in [3.05, 3.63) is 36.3 Å². The third kappa shape index (κ3) is 3.08. The van der Waals surface area contributed by atoms with Gasteiger partial charge in [0.2, 0.25) is 5.91 Å². The summed E-state index contributed by atoms with van der Waals surface area (Å²) in [7, 11) is 1.73. The molecule has 1 aliphatic heterocycles. The highest BCUT2D eigenvalue weighted by Crippen LogP contribution is 2.28. The van der Waals surface area contributed by atoms with Crippen LogP contribution in [0.25, 0.3) is 11.3 Å². The molecule has 0 bridgehead atoms. The molecule has 0 unspecified atom stereocenters. The van der Waals surface area contributed by atoms with E-state index in [9.17, 15) is 14.0 Å². The molecule has 1 aromatic heterocycles. The van der Waals surface area contributed by atoms with Gasteiger partial charge in [-0.05, 0) is 24.3 Å². The third-order valence-electron chi connectivity index (χ3n) is 3.81. The molecule has 0 radical (unpaired) electrons. The number of rotatable bonds is 4. The summed E-state index contributed by atoms with van der Waals surface area (Å²) in [4.78, 5) is 24.2. The summed E-state index contributed by atoms with van der Waals surface area (Å²) in [6.45, 7) is 1.87. The summed E-state index contributed by atoms with van der Waals surface area (Å²) in [6.07, 6.45) is 0.576. The number of carbonyl (C=O) groups excluding carboxylic acids is 2. The summed E-state index contributed by atoms with van der Waals surface area (Å²) in [5.41, 5.74) is 1.46. The maximum atomic E-state index is 14.4. The summed E-state index contributed by atoms with van der Waals surface area (Å²) >= 11 is 0. The van der Waals surface area contributed by atoms with E-state index in [1.54, 1.807) is 36.1 Å². The van der Waals surface area contributed by atoms with Crippen molar-refractivity contribution in [2.75, 3.05) is 18.0 Å². The molecule has 2 heterocycles. The smallest absolute Gasteiger partial charge is 0.414 e. The van der Waals surface area contributed by atoms with E-state index in [4.69, 9.17) is 4.74 Å². The lowest BCUT2D eigenvalue weighted by Crippen LogP contribution is -2.33. The second-order valence-corrected chi connectivity index (χ2v) is 5.56. The van der Waals surface area contributed by atoms with Crippen LogP contribution in [0.4, 0.5) is 14.9 Å². The zero-order chi connectivity index (χ0) is 17.3. The molecule has 2 aromatic rings. The molecule has 1 saturated heterocycles. The molecule has 1 fully saturated rings. The normalized spacial score (nSPS) is 17.0. The van der Waals surface area contributed by atoms with E-state index in [1.807, 2.05) is 0 Å². The number of carbonyl (C=O) groups is 2. The van der Waals surface area contributed by atoms with Crippen LogP contribution in [-0.4, -0.2) is 41.0 Å². The number of nitrogens with zero attached hydrogens (tertiary/aromatic N) is 3. The molecule has 0 aliphatic carbocycles. The Labute approximate surface area is 138 Å². The lowest BCUT2D eigenvalue weighted by atomic mass is 10.1. The van der Waals surface area contributed by atoms with Crippen molar-refractivity contribution in [3.8, 4) is 11.3 Å². The highest BCUT2D eigenvalue weighted by Gasteiger charge is 2.32. The van der Waals surface area contributed by atoms with E-state index >= 15 is 0 Å². The molecule has 1 aromatic carbocycles. The number of amides is 2. The molecule has 7 nitrogen and oxygen atoms in total. The predicted octanol–water partition coefficient (Wildman–Crippen LogP) is 1.69. The van der Waals surface area contributed by atoms with Gasteiger partial charge in [-0.3, -0.25) is 14.4 Å². The highest BCUT2D eigenvalue weighted by molar-refractivity contribution is 5.90. The SMILES string of the molecule is CC(=O)NC[C@H]1CN(c2ccc(-c3ccnn3C)c(F)c2)C(=O)O1. The number of nitrogens with one attached hydrogen (secondary N) is 1. The van der Waals surface area contributed by atoms with Crippen molar-refractivity contribution in [2.45, 2.75) is 13.0 Å². The van der Waals surface area contributed by atoms with E-state index in [-0.39, 0.29) is 19.0 Å². The van der Waals surface area contributed by atoms with Gasteiger partial charge in [-0.25, -0.2) is 9.18 Å². The zero-order valence-electron chi connectivity index (χ0n) is 13.3. The minimum absolute atomic E-state index is 0.198. The van der Waals surface area contributed by atoms with Gasteiger partial charge in [-0.15, -0.1) is 0 Å². The van der Waals surface area contributed by atoms with Crippen LogP contribution in [0.1, 0.15) is 6.92 Å². The van der Waals surface area contributed by atoms with E-state index in [2.05, 4.69) is 10.4 Å². The fourth-order valence-electron chi connectivity index (χ4n) is 2.61. The van der Waals surface area contributed by atoms with Gasteiger partial charge in [-0.1, -0.05) is 0 Å². The number of halogens is 1. The lowest BCUT2D eigenvalue weighted by Gasteiger charge is -2.14. The quantitative estimate of drug-likeness (QED) is 0.924. The van der Waals surface area contributed by atoms with Crippen LogP contribution in [0, 0.1) is 5.82 Å². The Morgan fingerprint density at radius 1 is 1.46 bits per heavy atom. The average Bonchev–Trinajstić information content (AvgIpc) is 3.11. The van der Waals surface area contributed by atoms with Crippen molar-refractivity contribution < 1.29 is 18.7 Å². The first-order valence-corrected chi connectivity index (χ1v) is 7.46. The van der Waals surface area contributed by atoms with Crippen LogP contribution in [0.3, 0.4) is 0 Å². The van der Waals surface area contributed by atoms with Gasteiger partial charge < -0.3 is 10.1 Å². The Morgan fingerprint density at radius 2 is 2.25 bits per heavy atom. The number of cyclic esters (lactones) is 1. The maximum absolute atomic E-state index is 14.4. The standard InChI is InChI=1S/C16H17FN4O3/c1-10(22)18-8-12-9-21(16(23)24-12)11-3-4-13(14(17)7-11)15-5-6-19-20(15)2/h3-7,12H,8-9H2,1-2H3,(H,18,22)/t12-/m0/s1. The van der Waals surface area contributed by atoms with Crippen molar-refractivity contribution in [3.63, 3.8) is 0 Å². The average molecular weight is 332 g/mol. The van der Waals surface area contributed by atoms with Crippen molar-refractivity contribution in [1.29, 1.82) is 0 Å². The summed E-state index contributed by atoms with van der Waals surface area (Å²) in [5, 5.41) is 6.62. The second-order valence-electron chi connectivity index (χ2n) is 5.56. The highest BCUT2D eigenvalue weighted by atomic mass is 19.1. The largest absolute Gasteiger partial charge is 0.442 e. The minimum atomic E-state index is -0.557. The molecular weight excluding hydrogens is 315 g/mol. The Morgan fingerprint density at radius 3 is 2.88 bits per heavy atom. The van der Waals surface area contributed by atoms with Gasteiger partial charge in [0.15, 0.2) is 0 Å². The molecule has 3 rings (SSSR count). The van der Waals surface area contributed by atoms with Crippen LogP contribution < -0.4 is 10.2 Å². The number of benzene rings is 1. The molecule has 2 amide bonds. The van der Waals surface area contributed by atoms with Crippen molar-refractivity contribution in [1.82, 2.24) is 15.1 Å². The number of aryl methyl sites for hydroxylation is 1. The second kappa shape index (κ2) is 6.31. The fourth-order valence-corrected chi connectivity index (χ4v) is 2.61. The molecule has 0 saturated carbocycles. The van der Waals surface area contributed by atoms with E-state index in [1.165, 1.54) is 17.9 Å². The first-order chi connectivity index (χ1) is 11.5. The summed E-state index contributed by atoms with van der Waals surface area (Å²) in [6, 6.07) is 6.28. The van der Waals surface area contributed by atoms with Crippen LogP contribution in [0.5, 0.6) is 0 Å². The Bertz CT molecular complexity index is 789. The van der Waals surface area contributed by atoms with Gasteiger partial charge >= 0.3 is 6.09 Å². The number of hydrogen-bond donors (Lipinski definition) is 1. The van der Waals surface area contributed by atoms with Crippen molar-refractivity contribution in [2.24, 2.45) is 7.05 Å². The first kappa shape index (κ1) is 16.0. The molecule has 8 heteroatoms. The predicted molar refractivity (Wildman–Crippen MR) is 84.9 cm³/mol. The number of ether oxygens (including phenoxy) is 1. The fraction of sp³-hybridized carbons (Fsp3) is 0.312. The van der Waals surface area contributed by atoms with Crippen LogP contribution >= 0.6 is 0 Å². The van der Waals surface area contributed by atoms with Gasteiger partial charge in [0.05, 0.1) is 24.5 Å². The van der Waals surface area contributed by atoms with Crippen molar-refractivity contribution >= 4 is 17.7 Å². The zero-order valence-corrected chi connectivity index (χ0v) is 13.3. The van der Waals surface area contributed by atoms with Gasteiger partial charge in [0.25, 0.3) is 0 Å². The maximum Gasteiger partial charge on any atom is 0.414 e. The molecular formula is C16H17FN4O3. The topological polar surface area (TPSA) is 76.5 Å². The number of hydrogen-bond acceptors (Lipinski definition) is 4. The van der Waals surface area contributed by atoms with Gasteiger partial charge in [0.1, 0.15) is 11.9 Å². The summed E-state index contributed by atoms with van der Waals surface area (Å²) < 4.78 is 21.2.